The van der Waals surface area contributed by atoms with Gasteiger partial charge in [-0.15, -0.1) is 0 Å². The van der Waals surface area contributed by atoms with Crippen molar-refractivity contribution in [3.8, 4) is 23.0 Å². The molecule has 0 atom stereocenters. The predicted octanol–water partition coefficient (Wildman–Crippen LogP) is 1.11. The zero-order valence-electron chi connectivity index (χ0n) is 32.6. The van der Waals surface area contributed by atoms with Crippen LogP contribution in [0.5, 0.6) is 23.0 Å². The van der Waals surface area contributed by atoms with Gasteiger partial charge in [0.2, 0.25) is 0 Å². The lowest BCUT2D eigenvalue weighted by molar-refractivity contribution is 0.0850. The molecule has 4 amide bonds. The first-order valence-electron chi connectivity index (χ1n) is 18.7. The number of benzene rings is 2. The van der Waals surface area contributed by atoms with Crippen molar-refractivity contribution in [1.82, 2.24) is 26.4 Å². The number of methoxy groups -OCH3 is 2. The maximum absolute atomic E-state index is 13.8. The van der Waals surface area contributed by atoms with Gasteiger partial charge < -0.3 is 52.1 Å². The van der Waals surface area contributed by atoms with Gasteiger partial charge in [-0.25, -0.2) is 5.01 Å². The molecule has 306 valence electrons. The summed E-state index contributed by atoms with van der Waals surface area (Å²) < 4.78 is 22.8. The van der Waals surface area contributed by atoms with Crippen LogP contribution in [0.4, 0.5) is 0 Å². The average Bonchev–Trinajstić information content (AvgIpc) is 3.18. The number of nitrogens with zero attached hydrogens (tertiary/aromatic N) is 3. The highest BCUT2D eigenvalue weighted by atomic mass is 16.5. The van der Waals surface area contributed by atoms with Crippen LogP contribution in [-0.2, 0) is 0 Å². The topological polar surface area (TPSA) is 259 Å². The van der Waals surface area contributed by atoms with Gasteiger partial charge in [0.1, 0.15) is 36.2 Å². The average molecular weight is 781 g/mol. The number of nitrogens with one attached hydrogen (secondary N) is 4. The molecule has 56 heavy (non-hydrogen) atoms. The van der Waals surface area contributed by atoms with Crippen molar-refractivity contribution in [3.05, 3.63) is 46.5 Å². The molecule has 0 spiro atoms. The first-order valence-corrected chi connectivity index (χ1v) is 18.7. The molecule has 2 fully saturated rings. The molecule has 0 saturated heterocycles. The number of amides is 4. The molecular weight excluding hydrogens is 724 g/mol. The normalized spacial score (nSPS) is 19.7. The number of carbonyl (C=O) groups excluding carboxylic acids is 4. The largest absolute Gasteiger partial charge is 0.496 e. The fourth-order valence-electron chi connectivity index (χ4n) is 6.67. The molecule has 2 saturated carbocycles. The molecular formula is C38H56N10O8. The standard InChI is InChI=1S/C38H56N10O8/c1-48(2)47-38(52)30-18-29(33(55-15-13-42-21-39)20-34(30)56-16-14-43-22-40)37(51)46-26-11-9-25(10-12-26)45-36(50)28-17-27(31(53-3)19-32(28)54-4)35(49)44-24-7-5-23(41)6-8-24/h17-26H,5-16,41H2,1-4H3,(H2,39,42)(H2,40,43)(H,44,49)(H,45,50)(H,46,51)(H,47,52). The molecule has 18 heteroatoms. The third kappa shape index (κ3) is 12.2. The van der Waals surface area contributed by atoms with E-state index in [9.17, 15) is 19.2 Å². The third-order valence-electron chi connectivity index (χ3n) is 9.58. The SMILES string of the molecule is COc1cc(OC)c(C(=O)NC2CCC(NC(=O)c3cc(C(=O)NN(C)C)c(OCCN=CN)cc3OCCN=CN)CC2)cc1C(=O)NC1CCC(N)CC1. The fraction of sp³-hybridized carbons (Fsp3) is 0.526. The molecule has 10 N–H and O–H groups in total. The Balaban J connectivity index is 1.45. The summed E-state index contributed by atoms with van der Waals surface area (Å²) in [5, 5.41) is 10.7. The second kappa shape index (κ2) is 21.5. The van der Waals surface area contributed by atoms with E-state index in [1.807, 2.05) is 0 Å². The van der Waals surface area contributed by atoms with Crippen molar-refractivity contribution in [1.29, 1.82) is 0 Å². The number of aliphatic imine (C=N–C) groups is 2. The number of hydrazine groups is 1. The summed E-state index contributed by atoms with van der Waals surface area (Å²) in [7, 11) is 6.23. The number of rotatable bonds is 18. The minimum atomic E-state index is -0.493. The molecule has 18 nitrogen and oxygen atoms in total. The van der Waals surface area contributed by atoms with E-state index >= 15 is 0 Å². The number of hydrogen-bond donors (Lipinski definition) is 7. The van der Waals surface area contributed by atoms with E-state index in [1.165, 1.54) is 37.4 Å². The van der Waals surface area contributed by atoms with Gasteiger partial charge in [-0.2, -0.15) is 0 Å². The summed E-state index contributed by atoms with van der Waals surface area (Å²) in [6.07, 6.45) is 7.82. The smallest absolute Gasteiger partial charge is 0.269 e. The summed E-state index contributed by atoms with van der Waals surface area (Å²) in [5.74, 6) is -0.718. The minimum absolute atomic E-state index is 0.0116. The quantitative estimate of drug-likeness (QED) is 0.0486. The van der Waals surface area contributed by atoms with Crippen molar-refractivity contribution >= 4 is 36.3 Å². The molecule has 0 aromatic heterocycles. The Labute approximate surface area is 327 Å². The monoisotopic (exact) mass is 780 g/mol. The first kappa shape index (κ1) is 43.1. The lowest BCUT2D eigenvalue weighted by Crippen LogP contribution is -2.44. The molecule has 0 radical (unpaired) electrons. The van der Waals surface area contributed by atoms with E-state index in [2.05, 4.69) is 31.4 Å². The van der Waals surface area contributed by atoms with Crippen LogP contribution in [0.25, 0.3) is 0 Å². The van der Waals surface area contributed by atoms with Crippen LogP contribution >= 0.6 is 0 Å². The zero-order valence-corrected chi connectivity index (χ0v) is 32.6. The number of nitrogens with two attached hydrogens (primary N) is 3. The summed E-state index contributed by atoms with van der Waals surface area (Å²) in [5.41, 5.74) is 20.1. The maximum Gasteiger partial charge on any atom is 0.269 e. The highest BCUT2D eigenvalue weighted by Crippen LogP contribution is 2.32. The van der Waals surface area contributed by atoms with E-state index in [0.717, 1.165) is 38.4 Å². The van der Waals surface area contributed by atoms with Gasteiger partial charge in [0, 0.05) is 50.4 Å². The Morgan fingerprint density at radius 3 is 1.36 bits per heavy atom. The van der Waals surface area contributed by atoms with Crippen molar-refractivity contribution < 1.29 is 38.1 Å². The van der Waals surface area contributed by atoms with Gasteiger partial charge in [-0.1, -0.05) is 0 Å². The van der Waals surface area contributed by atoms with Crippen LogP contribution < -0.4 is 57.5 Å². The van der Waals surface area contributed by atoms with Crippen LogP contribution in [0.2, 0.25) is 0 Å². The van der Waals surface area contributed by atoms with Crippen LogP contribution in [0.3, 0.4) is 0 Å². The van der Waals surface area contributed by atoms with Crippen molar-refractivity contribution in [2.24, 2.45) is 27.2 Å². The lowest BCUT2D eigenvalue weighted by atomic mass is 9.90. The molecule has 2 aromatic carbocycles. The molecule has 2 aromatic rings. The van der Waals surface area contributed by atoms with Gasteiger partial charge >= 0.3 is 0 Å². The molecule has 2 aliphatic rings. The highest BCUT2D eigenvalue weighted by molar-refractivity contribution is 6.04. The van der Waals surface area contributed by atoms with Gasteiger partial charge in [-0.3, -0.25) is 34.6 Å². The van der Waals surface area contributed by atoms with Crippen LogP contribution in [0.1, 0.15) is 92.8 Å². The van der Waals surface area contributed by atoms with E-state index in [-0.39, 0.29) is 95.9 Å². The van der Waals surface area contributed by atoms with Crippen molar-refractivity contribution in [3.63, 3.8) is 0 Å². The first-order chi connectivity index (χ1) is 27.0. The number of carbonyl (C=O) groups is 4. The summed E-state index contributed by atoms with van der Waals surface area (Å²) in [4.78, 5) is 62.0. The van der Waals surface area contributed by atoms with Gasteiger partial charge in [0.15, 0.2) is 0 Å². The van der Waals surface area contributed by atoms with Crippen LogP contribution in [0.15, 0.2) is 34.3 Å². The minimum Gasteiger partial charge on any atom is -0.496 e. The molecule has 0 heterocycles. The Morgan fingerprint density at radius 1 is 0.625 bits per heavy atom. The van der Waals surface area contributed by atoms with Crippen molar-refractivity contribution in [2.45, 2.75) is 75.5 Å². The van der Waals surface area contributed by atoms with Crippen molar-refractivity contribution in [2.75, 3.05) is 54.6 Å². The van der Waals surface area contributed by atoms with E-state index in [1.54, 1.807) is 20.2 Å². The Bertz CT molecular complexity index is 1720. The van der Waals surface area contributed by atoms with E-state index in [0.29, 0.717) is 31.4 Å². The van der Waals surface area contributed by atoms with Gasteiger partial charge in [-0.05, 0) is 63.5 Å². The molecule has 0 bridgehead atoms. The van der Waals surface area contributed by atoms with Gasteiger partial charge in [0.25, 0.3) is 23.6 Å². The number of hydrogen-bond acceptors (Lipinski definition) is 12. The Kier molecular flexibility index (Phi) is 16.5. The van der Waals surface area contributed by atoms with E-state index < -0.39 is 17.7 Å². The second-order valence-corrected chi connectivity index (χ2v) is 13.8. The lowest BCUT2D eigenvalue weighted by Gasteiger charge is -2.30. The number of ether oxygens (including phenoxy) is 4. The summed E-state index contributed by atoms with van der Waals surface area (Å²) >= 11 is 0. The van der Waals surface area contributed by atoms with E-state index in [4.69, 9.17) is 36.1 Å². The Morgan fingerprint density at radius 2 is 0.982 bits per heavy atom. The second-order valence-electron chi connectivity index (χ2n) is 13.8. The highest BCUT2D eigenvalue weighted by Gasteiger charge is 2.29. The molecule has 4 rings (SSSR count). The zero-order chi connectivity index (χ0) is 40.6. The van der Waals surface area contributed by atoms with Gasteiger partial charge in [0.05, 0.1) is 62.2 Å². The molecule has 2 aliphatic carbocycles. The summed E-state index contributed by atoms with van der Waals surface area (Å²) in [6.45, 7) is 0.723. The fourth-order valence-corrected chi connectivity index (χ4v) is 6.67. The molecule has 0 aliphatic heterocycles. The third-order valence-corrected chi connectivity index (χ3v) is 9.58. The van der Waals surface area contributed by atoms with Crippen LogP contribution in [0, 0.1) is 0 Å². The maximum atomic E-state index is 13.8. The summed E-state index contributed by atoms with van der Waals surface area (Å²) in [6, 6.07) is 5.68. The Hall–Kier alpha value is -5.62. The van der Waals surface area contributed by atoms with Crippen LogP contribution in [-0.4, -0.2) is 120 Å². The predicted molar refractivity (Wildman–Crippen MR) is 212 cm³/mol. The molecule has 0 unspecified atom stereocenters.